The van der Waals surface area contributed by atoms with Gasteiger partial charge in [-0.05, 0) is 60.4 Å². The summed E-state index contributed by atoms with van der Waals surface area (Å²) >= 11 is 0. The molecule has 0 radical (unpaired) electrons. The van der Waals surface area contributed by atoms with Crippen molar-refractivity contribution < 1.29 is 19.2 Å². The van der Waals surface area contributed by atoms with Gasteiger partial charge in [-0.2, -0.15) is 5.01 Å². The van der Waals surface area contributed by atoms with Gasteiger partial charge in [0.15, 0.2) is 0 Å². The molecular formula is C33H30N4O4. The Kier molecular flexibility index (Phi) is 4.86. The van der Waals surface area contributed by atoms with Crippen LogP contribution in [0.25, 0.3) is 0 Å². The second-order valence-corrected chi connectivity index (χ2v) is 12.5. The van der Waals surface area contributed by atoms with Crippen LogP contribution in [0.1, 0.15) is 65.4 Å². The summed E-state index contributed by atoms with van der Waals surface area (Å²) in [4.78, 5) is 56.4. The summed E-state index contributed by atoms with van der Waals surface area (Å²) in [7, 11) is 0. The van der Waals surface area contributed by atoms with Crippen molar-refractivity contribution in [2.45, 2.75) is 51.2 Å². The third-order valence-electron chi connectivity index (χ3n) is 10.6. The summed E-state index contributed by atoms with van der Waals surface area (Å²) in [6, 6.07) is 24.0. The highest BCUT2D eigenvalue weighted by Gasteiger charge is 2.76. The fourth-order valence-electron chi connectivity index (χ4n) is 8.48. The quantitative estimate of drug-likeness (QED) is 0.353. The molecule has 2 bridgehead atoms. The molecule has 8 rings (SSSR count). The number of hydrazine groups is 2. The van der Waals surface area contributed by atoms with Gasteiger partial charge < -0.3 is 0 Å². The highest BCUT2D eigenvalue weighted by Crippen LogP contribution is 2.70. The summed E-state index contributed by atoms with van der Waals surface area (Å²) < 4.78 is 0. The van der Waals surface area contributed by atoms with E-state index in [2.05, 4.69) is 13.8 Å². The van der Waals surface area contributed by atoms with Gasteiger partial charge >= 0.3 is 0 Å². The van der Waals surface area contributed by atoms with Crippen molar-refractivity contribution in [1.29, 1.82) is 0 Å². The number of benzene rings is 3. The van der Waals surface area contributed by atoms with Gasteiger partial charge in [0.2, 0.25) is 0 Å². The zero-order chi connectivity index (χ0) is 28.3. The fraction of sp³-hybridized carbons (Fsp3) is 0.333. The van der Waals surface area contributed by atoms with Crippen LogP contribution < -0.4 is 5.01 Å². The van der Waals surface area contributed by atoms with Crippen LogP contribution >= 0.6 is 0 Å². The molecule has 4 amide bonds. The van der Waals surface area contributed by atoms with E-state index in [1.54, 1.807) is 39.3 Å². The highest BCUT2D eigenvalue weighted by molar-refractivity contribution is 6.21. The minimum absolute atomic E-state index is 0.0313. The lowest BCUT2D eigenvalue weighted by Gasteiger charge is -2.35. The van der Waals surface area contributed by atoms with Gasteiger partial charge in [0, 0.05) is 0 Å². The zero-order valence-electron chi connectivity index (χ0n) is 22.9. The van der Waals surface area contributed by atoms with Gasteiger partial charge in [-0.25, -0.2) is 15.0 Å². The topological polar surface area (TPSA) is 81.0 Å². The van der Waals surface area contributed by atoms with Gasteiger partial charge in [-0.15, -0.1) is 0 Å². The van der Waals surface area contributed by atoms with Gasteiger partial charge in [0.1, 0.15) is 6.04 Å². The average Bonchev–Trinajstić information content (AvgIpc) is 3.40. The molecule has 2 aliphatic carbocycles. The third kappa shape index (κ3) is 2.93. The summed E-state index contributed by atoms with van der Waals surface area (Å²) in [6.45, 7) is 4.35. The molecule has 8 nitrogen and oxygen atoms in total. The molecule has 3 aliphatic heterocycles. The average molecular weight is 547 g/mol. The van der Waals surface area contributed by atoms with E-state index in [4.69, 9.17) is 0 Å². The van der Waals surface area contributed by atoms with Crippen molar-refractivity contribution in [3.8, 4) is 0 Å². The monoisotopic (exact) mass is 546 g/mol. The van der Waals surface area contributed by atoms with Crippen molar-refractivity contribution in [2.24, 2.45) is 16.7 Å². The standard InChI is InChI=1S/C33H30N4O4/c1-32(2)21-17-18-33(32)25(19-21)35(34(31(33)41)22-13-7-4-8-14-22)30(40)27-26(20-11-5-3-6-12-20)36(27)37-28(38)23-15-9-10-16-24(23)29(37)39/h3-16,21,25-27H,17-19H2,1-2H3/t21-,25-,26+,27-,33+,36?/m1/s1. The predicted molar refractivity (Wildman–Crippen MR) is 150 cm³/mol. The maximum absolute atomic E-state index is 14.8. The maximum atomic E-state index is 14.8. The first-order valence-electron chi connectivity index (χ1n) is 14.3. The van der Waals surface area contributed by atoms with Crippen LogP contribution in [0.15, 0.2) is 84.9 Å². The fourth-order valence-corrected chi connectivity index (χ4v) is 8.48. The molecule has 8 heteroatoms. The Labute approximate surface area is 238 Å². The number of hydrogen-bond donors (Lipinski definition) is 0. The number of para-hydroxylation sites is 1. The molecule has 2 saturated heterocycles. The normalized spacial score (nSPS) is 32.5. The Balaban J connectivity index is 1.23. The molecule has 0 N–H and O–H groups in total. The van der Waals surface area contributed by atoms with E-state index in [1.807, 2.05) is 60.7 Å². The number of amides is 4. The summed E-state index contributed by atoms with van der Waals surface area (Å²) in [5, 5.41) is 6.03. The van der Waals surface area contributed by atoms with Crippen LogP contribution in [0.4, 0.5) is 5.69 Å². The molecule has 0 aromatic heterocycles. The molecule has 4 fully saturated rings. The van der Waals surface area contributed by atoms with E-state index in [9.17, 15) is 19.2 Å². The van der Waals surface area contributed by atoms with Crippen LogP contribution in [0, 0.1) is 16.7 Å². The van der Waals surface area contributed by atoms with Crippen LogP contribution in [-0.2, 0) is 9.59 Å². The van der Waals surface area contributed by atoms with E-state index in [0.717, 1.165) is 29.8 Å². The maximum Gasteiger partial charge on any atom is 0.276 e. The van der Waals surface area contributed by atoms with Crippen molar-refractivity contribution in [1.82, 2.24) is 15.0 Å². The van der Waals surface area contributed by atoms with E-state index < -0.39 is 29.3 Å². The first-order valence-corrected chi connectivity index (χ1v) is 14.3. The van der Waals surface area contributed by atoms with Gasteiger partial charge in [-0.1, -0.05) is 74.5 Å². The summed E-state index contributed by atoms with van der Waals surface area (Å²) in [5.41, 5.74) is 1.24. The number of fused-ring (bicyclic) bond motifs is 2. The molecule has 3 aromatic rings. The second-order valence-electron chi connectivity index (χ2n) is 12.5. The molecule has 41 heavy (non-hydrogen) atoms. The SMILES string of the molecule is CC1(C)[C@@H]2CC[C@]13C(=O)N(c1ccccc1)N(C(=O)[C@H]1[C@H](c4ccccc4)N1N1C(=O)c4ccccc4C1=O)[C@@H]3C2. The highest BCUT2D eigenvalue weighted by atomic mass is 16.2. The number of anilines is 1. The Morgan fingerprint density at radius 2 is 1.37 bits per heavy atom. The minimum Gasteiger partial charge on any atom is -0.272 e. The van der Waals surface area contributed by atoms with E-state index in [0.29, 0.717) is 22.7 Å². The third-order valence-corrected chi connectivity index (χ3v) is 10.6. The first kappa shape index (κ1) is 24.5. The first-order chi connectivity index (χ1) is 19.8. The lowest BCUT2D eigenvalue weighted by molar-refractivity contribution is -0.135. The largest absolute Gasteiger partial charge is 0.276 e. The van der Waals surface area contributed by atoms with Gasteiger partial charge in [0.25, 0.3) is 23.6 Å². The lowest BCUT2D eigenvalue weighted by Crippen LogP contribution is -2.51. The Morgan fingerprint density at radius 3 is 1.98 bits per heavy atom. The smallest absolute Gasteiger partial charge is 0.272 e. The van der Waals surface area contributed by atoms with Crippen LogP contribution in [0.3, 0.4) is 0 Å². The Morgan fingerprint density at radius 1 is 0.780 bits per heavy atom. The van der Waals surface area contributed by atoms with Crippen molar-refractivity contribution in [3.05, 3.63) is 102 Å². The number of nitrogens with zero attached hydrogens (tertiary/aromatic N) is 4. The van der Waals surface area contributed by atoms with Gasteiger partial charge in [0.05, 0.1) is 34.3 Å². The molecule has 1 unspecified atom stereocenters. The molecule has 3 aromatic carbocycles. The molecule has 1 spiro atoms. The molecule has 206 valence electrons. The summed E-state index contributed by atoms with van der Waals surface area (Å²) in [5.74, 6) is -0.816. The van der Waals surface area contributed by atoms with Crippen molar-refractivity contribution in [3.63, 3.8) is 0 Å². The minimum atomic E-state index is -0.809. The molecule has 3 heterocycles. The van der Waals surface area contributed by atoms with Gasteiger partial charge in [-0.3, -0.25) is 19.2 Å². The molecule has 2 saturated carbocycles. The van der Waals surface area contributed by atoms with Crippen LogP contribution in [-0.4, -0.2) is 50.7 Å². The number of carbonyl (C=O) groups is 4. The molecular weight excluding hydrogens is 516 g/mol. The number of rotatable bonds is 4. The van der Waals surface area contributed by atoms with E-state index in [1.165, 1.54) is 0 Å². The molecule has 5 aliphatic rings. The lowest BCUT2D eigenvalue weighted by atomic mass is 9.67. The van der Waals surface area contributed by atoms with Crippen LogP contribution in [0.5, 0.6) is 0 Å². The zero-order valence-corrected chi connectivity index (χ0v) is 22.9. The van der Waals surface area contributed by atoms with Crippen molar-refractivity contribution >= 4 is 29.3 Å². The number of carbonyl (C=O) groups excluding carboxylic acids is 4. The van der Waals surface area contributed by atoms with Crippen LogP contribution in [0.2, 0.25) is 0 Å². The predicted octanol–water partition coefficient (Wildman–Crippen LogP) is 4.61. The Hall–Kier alpha value is -4.30. The molecule has 6 atom stereocenters. The number of imide groups is 1. The van der Waals surface area contributed by atoms with E-state index >= 15 is 0 Å². The number of hydrogen-bond acceptors (Lipinski definition) is 5. The van der Waals surface area contributed by atoms with E-state index in [-0.39, 0.29) is 23.3 Å². The summed E-state index contributed by atoms with van der Waals surface area (Å²) in [6.07, 6.45) is 2.47. The Bertz CT molecular complexity index is 1600. The second kappa shape index (κ2) is 8.13. The van der Waals surface area contributed by atoms with Crippen molar-refractivity contribution in [2.75, 3.05) is 5.01 Å².